The molecule has 0 aromatic rings. The summed E-state index contributed by atoms with van der Waals surface area (Å²) in [6.45, 7) is 3.44. The lowest BCUT2D eigenvalue weighted by atomic mass is 10.6. The Morgan fingerprint density at radius 3 is 1.64 bits per heavy atom. The summed E-state index contributed by atoms with van der Waals surface area (Å²) >= 11 is 4.19. The third kappa shape index (κ3) is 4.06. The fourth-order valence-electron chi connectivity index (χ4n) is 0.344. The quantitative estimate of drug-likeness (QED) is 0.414. The largest absolute Gasteiger partial charge is 0.450 e. The van der Waals surface area contributed by atoms with Crippen molar-refractivity contribution in [1.29, 1.82) is 0 Å². The maximum Gasteiger partial charge on any atom is 0.450 e. The molecule has 0 atom stereocenters. The van der Waals surface area contributed by atoms with Crippen molar-refractivity contribution in [3.63, 3.8) is 0 Å². The predicted octanol–water partition coefficient (Wildman–Crippen LogP) is 0.434. The minimum Gasteiger partial charge on any atom is -0.336 e. The Morgan fingerprint density at radius 1 is 1.18 bits per heavy atom. The molecular weight excluding hydrogens is 226 g/mol. The van der Waals surface area contributed by atoms with Gasteiger partial charge in [0.15, 0.2) is 5.25 Å². The monoisotopic (exact) mass is 237 g/mol. The highest BCUT2D eigenvalue weighted by Crippen LogP contribution is 2.73. The van der Waals surface area contributed by atoms with Gasteiger partial charge in [0.05, 0.1) is 0 Å². The summed E-state index contributed by atoms with van der Waals surface area (Å²) in [5.41, 5.74) is 0. The van der Waals surface area contributed by atoms with Crippen molar-refractivity contribution in [3.05, 3.63) is 0 Å². The fraction of sp³-hybridized carbons (Fsp3) is 1.00. The molecule has 0 bridgehead atoms. The molecule has 4 nitrogen and oxygen atoms in total. The zero-order chi connectivity index (χ0) is 9.28. The maximum atomic E-state index is 9.10. The highest BCUT2D eigenvalue weighted by Gasteiger charge is 2.41. The average molecular weight is 237 g/mol. The van der Waals surface area contributed by atoms with Gasteiger partial charge in [-0.3, -0.25) is 0 Å². The molecule has 0 rings (SSSR count). The SMILES string of the molecule is CC(C)[S+]=P(O)(O)P(O)(O)=S. The predicted molar refractivity (Wildman–Crippen MR) is 52.6 cm³/mol. The summed E-state index contributed by atoms with van der Waals surface area (Å²) in [6.07, 6.45) is -7.63. The van der Waals surface area contributed by atoms with Gasteiger partial charge in [-0.15, -0.1) is 0 Å². The number of hydrogen-bond acceptors (Lipinski definition) is 1. The van der Waals surface area contributed by atoms with E-state index in [0.29, 0.717) is 0 Å². The van der Waals surface area contributed by atoms with E-state index in [1.165, 1.54) is 0 Å². The lowest BCUT2D eigenvalue weighted by Gasteiger charge is -2.06. The molecule has 11 heavy (non-hydrogen) atoms. The summed E-state index contributed by atoms with van der Waals surface area (Å²) in [5.74, 6) is 0. The highest BCUT2D eigenvalue weighted by atomic mass is 32.8. The van der Waals surface area contributed by atoms with Crippen LogP contribution in [0.5, 0.6) is 0 Å². The molecular formula is C3H11O4P2S2+. The van der Waals surface area contributed by atoms with Crippen LogP contribution in [0.15, 0.2) is 0 Å². The summed E-state index contributed by atoms with van der Waals surface area (Å²) in [5, 5.41) is -0.0834. The molecule has 0 aromatic heterocycles. The second-order valence-electron chi connectivity index (χ2n) is 2.18. The van der Waals surface area contributed by atoms with Crippen molar-refractivity contribution in [2.24, 2.45) is 0 Å². The van der Waals surface area contributed by atoms with Gasteiger partial charge < -0.3 is 19.6 Å². The third-order valence-electron chi connectivity index (χ3n) is 0.692. The lowest BCUT2D eigenvalue weighted by molar-refractivity contribution is 0.453. The van der Waals surface area contributed by atoms with E-state index >= 15 is 0 Å². The van der Waals surface area contributed by atoms with Crippen LogP contribution in [0.1, 0.15) is 13.8 Å². The summed E-state index contributed by atoms with van der Waals surface area (Å²) in [4.78, 5) is 35.8. The Hall–Kier alpha value is 1.14. The van der Waals surface area contributed by atoms with E-state index in [2.05, 4.69) is 11.8 Å². The second-order valence-corrected chi connectivity index (χ2v) is 14.0. The Kier molecular flexibility index (Phi) is 4.30. The normalized spacial score (nSPS) is 13.7. The molecule has 0 aliphatic rings. The summed E-state index contributed by atoms with van der Waals surface area (Å²) in [6, 6.07) is 0. The van der Waals surface area contributed by atoms with Crippen LogP contribution in [0.2, 0.25) is 0 Å². The van der Waals surface area contributed by atoms with Crippen molar-refractivity contribution in [3.8, 4) is 0 Å². The molecule has 0 fully saturated rings. The highest BCUT2D eigenvalue weighted by molar-refractivity contribution is 8.61. The molecule has 68 valence electrons. The number of hydrogen-bond donors (Lipinski definition) is 4. The topological polar surface area (TPSA) is 80.9 Å². The smallest absolute Gasteiger partial charge is 0.336 e. The molecule has 0 aliphatic heterocycles. The molecule has 8 heteroatoms. The van der Waals surface area contributed by atoms with Gasteiger partial charge in [-0.05, 0) is 25.7 Å². The molecule has 0 radical (unpaired) electrons. The van der Waals surface area contributed by atoms with Crippen molar-refractivity contribution in [2.45, 2.75) is 19.1 Å². The van der Waals surface area contributed by atoms with Crippen molar-refractivity contribution < 1.29 is 19.6 Å². The first kappa shape index (κ1) is 12.1. The molecule has 0 heterocycles. The lowest BCUT2D eigenvalue weighted by Crippen LogP contribution is -1.93. The van der Waals surface area contributed by atoms with Gasteiger partial charge in [0, 0.05) is 0 Å². The van der Waals surface area contributed by atoms with Crippen LogP contribution in [0.25, 0.3) is 0 Å². The van der Waals surface area contributed by atoms with Crippen LogP contribution in [-0.4, -0.2) is 24.8 Å². The molecule has 0 spiro atoms. The van der Waals surface area contributed by atoms with Crippen LogP contribution >= 0.6 is 12.4 Å². The van der Waals surface area contributed by atoms with Crippen LogP contribution < -0.4 is 0 Å². The van der Waals surface area contributed by atoms with Gasteiger partial charge in [-0.2, -0.15) is 0 Å². The van der Waals surface area contributed by atoms with Crippen molar-refractivity contribution in [2.75, 3.05) is 0 Å². The molecule has 0 aromatic carbocycles. The van der Waals surface area contributed by atoms with Crippen LogP contribution in [0, 0.1) is 0 Å². The Morgan fingerprint density at radius 2 is 1.55 bits per heavy atom. The maximum absolute atomic E-state index is 9.10. The second kappa shape index (κ2) is 3.90. The van der Waals surface area contributed by atoms with E-state index in [0.717, 1.165) is 10.9 Å². The van der Waals surface area contributed by atoms with Crippen LogP contribution in [0.3, 0.4) is 0 Å². The van der Waals surface area contributed by atoms with E-state index in [1.54, 1.807) is 13.8 Å². The van der Waals surface area contributed by atoms with E-state index in [9.17, 15) is 0 Å². The first-order valence-corrected chi connectivity index (χ1v) is 9.35. The fourth-order valence-corrected chi connectivity index (χ4v) is 6.94. The summed E-state index contributed by atoms with van der Waals surface area (Å²) < 4.78 is 0. The molecule has 0 unspecified atom stereocenters. The van der Waals surface area contributed by atoms with Gasteiger partial charge >= 0.3 is 12.4 Å². The van der Waals surface area contributed by atoms with Gasteiger partial charge in [0.2, 0.25) is 10.9 Å². The standard InChI is InChI=1S/C3H10O4P2S2/c1-3(2)11-9(6,7)8(4,5)10/h3H,1-2H3,(H3-,4,5,6,7,10)/p+1. The van der Waals surface area contributed by atoms with Gasteiger partial charge in [0.25, 0.3) is 0 Å². The first-order chi connectivity index (χ1) is 4.67. The average Bonchev–Trinajstić information content (AvgIpc) is 1.56. The van der Waals surface area contributed by atoms with E-state index < -0.39 is 12.4 Å². The minimum absolute atomic E-state index is 0.0834. The molecule has 0 aliphatic carbocycles. The Labute approximate surface area is 74.1 Å². The van der Waals surface area contributed by atoms with Gasteiger partial charge in [-0.25, -0.2) is 0 Å². The van der Waals surface area contributed by atoms with E-state index in [1.807, 2.05) is 0 Å². The van der Waals surface area contributed by atoms with Crippen LogP contribution in [-0.2, 0) is 22.7 Å². The minimum atomic E-state index is -3.90. The molecule has 4 N–H and O–H groups in total. The van der Waals surface area contributed by atoms with Crippen molar-refractivity contribution >= 4 is 35.1 Å². The van der Waals surface area contributed by atoms with Gasteiger partial charge in [-0.1, -0.05) is 0 Å². The molecule has 0 saturated carbocycles. The first-order valence-electron chi connectivity index (χ1n) is 2.76. The molecule has 0 amide bonds. The Bertz CT molecular complexity index is 225. The van der Waals surface area contributed by atoms with E-state index in [-0.39, 0.29) is 5.25 Å². The zero-order valence-electron chi connectivity index (χ0n) is 6.08. The van der Waals surface area contributed by atoms with Crippen molar-refractivity contribution in [1.82, 2.24) is 0 Å². The zero-order valence-corrected chi connectivity index (χ0v) is 9.50. The molecule has 0 saturated heterocycles. The van der Waals surface area contributed by atoms with Gasteiger partial charge in [0.1, 0.15) is 0 Å². The van der Waals surface area contributed by atoms with E-state index in [4.69, 9.17) is 19.6 Å². The Balaban J connectivity index is 4.89. The van der Waals surface area contributed by atoms with Crippen LogP contribution in [0.4, 0.5) is 0 Å². The number of rotatable bonds is 2. The summed E-state index contributed by atoms with van der Waals surface area (Å²) in [7, 11) is 0.731. The third-order valence-corrected chi connectivity index (χ3v) is 12.1.